The van der Waals surface area contributed by atoms with E-state index in [9.17, 15) is 13.2 Å². The van der Waals surface area contributed by atoms with Crippen LogP contribution in [0.25, 0.3) is 0 Å². The fraction of sp³-hybridized carbons (Fsp3) is 0.250. The van der Waals surface area contributed by atoms with Gasteiger partial charge in [-0.15, -0.1) is 0 Å². The Balaban J connectivity index is 3.10. The SMILES string of the molecule is Cc1c(F)ccc(NS(=O)[O-])c1C. The second-order valence-corrected chi connectivity index (χ2v) is 3.36. The van der Waals surface area contributed by atoms with Gasteiger partial charge in [-0.05, 0) is 37.1 Å². The molecule has 0 saturated carbocycles. The molecule has 0 heterocycles. The molecule has 0 aliphatic carbocycles. The summed E-state index contributed by atoms with van der Waals surface area (Å²) >= 11 is -2.36. The van der Waals surface area contributed by atoms with Crippen molar-refractivity contribution in [1.82, 2.24) is 0 Å². The lowest BCUT2D eigenvalue weighted by atomic mass is 10.1. The molecule has 1 N–H and O–H groups in total. The summed E-state index contributed by atoms with van der Waals surface area (Å²) in [5, 5.41) is 0. The molecule has 1 atom stereocenters. The Labute approximate surface area is 78.4 Å². The lowest BCUT2D eigenvalue weighted by Crippen LogP contribution is -2.05. The van der Waals surface area contributed by atoms with E-state index in [0.29, 0.717) is 16.8 Å². The Morgan fingerprint density at radius 3 is 2.54 bits per heavy atom. The summed E-state index contributed by atoms with van der Waals surface area (Å²) in [6.07, 6.45) is 0. The molecule has 0 amide bonds. The minimum atomic E-state index is -2.36. The minimum Gasteiger partial charge on any atom is -0.755 e. The highest BCUT2D eigenvalue weighted by atomic mass is 32.2. The highest BCUT2D eigenvalue weighted by Crippen LogP contribution is 2.20. The van der Waals surface area contributed by atoms with E-state index in [1.54, 1.807) is 13.8 Å². The largest absolute Gasteiger partial charge is 0.755 e. The zero-order chi connectivity index (χ0) is 10.0. The molecule has 0 radical (unpaired) electrons. The number of hydrogen-bond acceptors (Lipinski definition) is 2. The summed E-state index contributed by atoms with van der Waals surface area (Å²) in [7, 11) is 0. The van der Waals surface area contributed by atoms with Gasteiger partial charge in [-0.25, -0.2) is 4.39 Å². The van der Waals surface area contributed by atoms with Crippen LogP contribution in [-0.4, -0.2) is 8.76 Å². The molecular formula is C8H9FNO2S-. The average molecular weight is 202 g/mol. The van der Waals surface area contributed by atoms with Crippen LogP contribution in [0.3, 0.4) is 0 Å². The van der Waals surface area contributed by atoms with E-state index in [-0.39, 0.29) is 5.82 Å². The molecule has 0 fully saturated rings. The Morgan fingerprint density at radius 1 is 1.38 bits per heavy atom. The zero-order valence-electron chi connectivity index (χ0n) is 7.26. The molecule has 1 aromatic carbocycles. The van der Waals surface area contributed by atoms with Gasteiger partial charge in [0.1, 0.15) is 5.82 Å². The fourth-order valence-electron chi connectivity index (χ4n) is 0.988. The van der Waals surface area contributed by atoms with Crippen molar-refractivity contribution in [2.24, 2.45) is 0 Å². The maximum Gasteiger partial charge on any atom is 0.126 e. The third kappa shape index (κ3) is 2.26. The topological polar surface area (TPSA) is 52.2 Å². The quantitative estimate of drug-likeness (QED) is 0.741. The van der Waals surface area contributed by atoms with Crippen molar-refractivity contribution in [2.45, 2.75) is 13.8 Å². The van der Waals surface area contributed by atoms with Crippen molar-refractivity contribution in [3.05, 3.63) is 29.1 Å². The van der Waals surface area contributed by atoms with Gasteiger partial charge in [-0.3, -0.25) is 4.21 Å². The first-order chi connectivity index (χ1) is 6.02. The van der Waals surface area contributed by atoms with Crippen LogP contribution in [0.5, 0.6) is 0 Å². The standard InChI is InChI=1S/C8H10FNO2S/c1-5-6(2)8(10-13(11)12)4-3-7(5)9/h3-4,10H,1-2H3,(H,11,12)/p-1. The van der Waals surface area contributed by atoms with Crippen LogP contribution in [0.15, 0.2) is 12.1 Å². The number of rotatable bonds is 2. The van der Waals surface area contributed by atoms with E-state index in [4.69, 9.17) is 0 Å². The Hall–Kier alpha value is -0.940. The van der Waals surface area contributed by atoms with Gasteiger partial charge in [0.2, 0.25) is 0 Å². The molecule has 0 spiro atoms. The van der Waals surface area contributed by atoms with Gasteiger partial charge >= 0.3 is 0 Å². The lowest BCUT2D eigenvalue weighted by molar-refractivity contribution is 0.542. The van der Waals surface area contributed by atoms with Gasteiger partial charge in [-0.2, -0.15) is 0 Å². The Bertz CT molecular complexity index is 354. The van der Waals surface area contributed by atoms with Crippen LogP contribution in [0.2, 0.25) is 0 Å². The molecule has 5 heteroatoms. The summed E-state index contributed by atoms with van der Waals surface area (Å²) in [5.41, 5.74) is 1.46. The lowest BCUT2D eigenvalue weighted by Gasteiger charge is -2.13. The minimum absolute atomic E-state index is 0.334. The molecule has 1 unspecified atom stereocenters. The van der Waals surface area contributed by atoms with Crippen molar-refractivity contribution in [2.75, 3.05) is 4.72 Å². The normalized spacial score (nSPS) is 12.6. The predicted molar refractivity (Wildman–Crippen MR) is 48.4 cm³/mol. The monoisotopic (exact) mass is 202 g/mol. The van der Waals surface area contributed by atoms with E-state index in [0.717, 1.165) is 0 Å². The highest BCUT2D eigenvalue weighted by molar-refractivity contribution is 7.80. The van der Waals surface area contributed by atoms with E-state index >= 15 is 0 Å². The summed E-state index contributed by atoms with van der Waals surface area (Å²) < 4.78 is 35.7. The van der Waals surface area contributed by atoms with E-state index in [1.807, 2.05) is 0 Å². The zero-order valence-corrected chi connectivity index (χ0v) is 8.07. The molecule has 3 nitrogen and oxygen atoms in total. The Kier molecular flexibility index (Phi) is 3.00. The first-order valence-corrected chi connectivity index (χ1v) is 4.71. The molecule has 0 aliphatic rings. The number of benzene rings is 1. The number of nitrogens with one attached hydrogen (secondary N) is 1. The van der Waals surface area contributed by atoms with Crippen molar-refractivity contribution < 1.29 is 13.2 Å². The number of hydrogen-bond donors (Lipinski definition) is 1. The van der Waals surface area contributed by atoms with Gasteiger partial charge in [0.15, 0.2) is 0 Å². The van der Waals surface area contributed by atoms with Crippen molar-refractivity contribution >= 4 is 17.0 Å². The van der Waals surface area contributed by atoms with Crippen LogP contribution < -0.4 is 4.72 Å². The van der Waals surface area contributed by atoms with Crippen LogP contribution in [0.4, 0.5) is 10.1 Å². The van der Waals surface area contributed by atoms with Crippen LogP contribution in [0.1, 0.15) is 11.1 Å². The van der Waals surface area contributed by atoms with Gasteiger partial charge in [-0.1, -0.05) is 0 Å². The second-order valence-electron chi connectivity index (χ2n) is 2.68. The van der Waals surface area contributed by atoms with Gasteiger partial charge in [0.05, 0.1) is 0 Å². The number of anilines is 1. The second kappa shape index (κ2) is 3.85. The summed E-state index contributed by atoms with van der Waals surface area (Å²) in [6, 6.07) is 2.63. The molecule has 0 saturated heterocycles. The molecular weight excluding hydrogens is 193 g/mol. The molecule has 0 aliphatic heterocycles. The maximum atomic E-state index is 12.9. The van der Waals surface area contributed by atoms with Gasteiger partial charge in [0.25, 0.3) is 0 Å². The van der Waals surface area contributed by atoms with Crippen LogP contribution in [-0.2, 0) is 11.3 Å². The molecule has 0 bridgehead atoms. The smallest absolute Gasteiger partial charge is 0.126 e. The van der Waals surface area contributed by atoms with Gasteiger partial charge < -0.3 is 9.27 Å². The fourth-order valence-corrected chi connectivity index (χ4v) is 1.39. The Morgan fingerprint density at radius 2 is 2.00 bits per heavy atom. The third-order valence-electron chi connectivity index (χ3n) is 1.91. The van der Waals surface area contributed by atoms with E-state index in [1.165, 1.54) is 12.1 Å². The van der Waals surface area contributed by atoms with Crippen LogP contribution >= 0.6 is 0 Å². The van der Waals surface area contributed by atoms with Crippen molar-refractivity contribution in [3.8, 4) is 0 Å². The molecule has 13 heavy (non-hydrogen) atoms. The van der Waals surface area contributed by atoms with Crippen LogP contribution in [0, 0.1) is 19.7 Å². The first-order valence-electron chi connectivity index (χ1n) is 3.64. The number of halogens is 1. The summed E-state index contributed by atoms with van der Waals surface area (Å²) in [5.74, 6) is -0.334. The molecule has 72 valence electrons. The highest BCUT2D eigenvalue weighted by Gasteiger charge is 2.04. The summed E-state index contributed by atoms with van der Waals surface area (Å²) in [6.45, 7) is 3.26. The molecule has 1 aromatic rings. The molecule has 0 aromatic heterocycles. The van der Waals surface area contributed by atoms with E-state index < -0.39 is 11.3 Å². The predicted octanol–water partition coefficient (Wildman–Crippen LogP) is 1.65. The van der Waals surface area contributed by atoms with Gasteiger partial charge in [0, 0.05) is 17.0 Å². The first kappa shape index (κ1) is 10.1. The average Bonchev–Trinajstić information content (AvgIpc) is 2.06. The van der Waals surface area contributed by atoms with E-state index in [2.05, 4.69) is 4.72 Å². The third-order valence-corrected chi connectivity index (χ3v) is 2.30. The summed E-state index contributed by atoms with van der Waals surface area (Å²) in [4.78, 5) is 0. The van der Waals surface area contributed by atoms with Crippen molar-refractivity contribution in [1.29, 1.82) is 0 Å². The van der Waals surface area contributed by atoms with Crippen molar-refractivity contribution in [3.63, 3.8) is 0 Å². The maximum absolute atomic E-state index is 12.9. The molecule has 1 rings (SSSR count).